The fourth-order valence-electron chi connectivity index (χ4n) is 2.04. The summed E-state index contributed by atoms with van der Waals surface area (Å²) in [6, 6.07) is 12.2. The first-order chi connectivity index (χ1) is 9.63. The van der Waals surface area contributed by atoms with Gasteiger partial charge in [0.25, 0.3) is 5.91 Å². The molecule has 2 N–H and O–H groups in total. The Labute approximate surface area is 115 Å². The van der Waals surface area contributed by atoms with Crippen LogP contribution in [0, 0.1) is 0 Å². The van der Waals surface area contributed by atoms with E-state index in [1.54, 1.807) is 30.3 Å². The molecule has 0 unspecified atom stereocenters. The van der Waals surface area contributed by atoms with Gasteiger partial charge in [0.2, 0.25) is 5.91 Å². The van der Waals surface area contributed by atoms with Crippen molar-refractivity contribution in [2.45, 2.75) is 6.92 Å². The Morgan fingerprint density at radius 3 is 2.75 bits per heavy atom. The summed E-state index contributed by atoms with van der Waals surface area (Å²) in [6.45, 7) is 1.41. The fourth-order valence-corrected chi connectivity index (χ4v) is 2.04. The molecular weight excluding hydrogens is 256 g/mol. The average molecular weight is 268 g/mol. The van der Waals surface area contributed by atoms with Crippen LogP contribution in [0.5, 0.6) is 11.5 Å². The van der Waals surface area contributed by atoms with Gasteiger partial charge in [0, 0.05) is 12.6 Å². The van der Waals surface area contributed by atoms with E-state index in [9.17, 15) is 9.59 Å². The van der Waals surface area contributed by atoms with E-state index in [1.165, 1.54) is 6.92 Å². The molecule has 0 saturated heterocycles. The summed E-state index contributed by atoms with van der Waals surface area (Å²) >= 11 is 0. The van der Waals surface area contributed by atoms with Gasteiger partial charge in [0.15, 0.2) is 5.75 Å². The van der Waals surface area contributed by atoms with E-state index in [1.807, 2.05) is 12.1 Å². The zero-order valence-electron chi connectivity index (χ0n) is 10.8. The Morgan fingerprint density at radius 1 is 1.15 bits per heavy atom. The van der Waals surface area contributed by atoms with E-state index in [0.29, 0.717) is 28.4 Å². The number of carbonyl (C=O) groups is 2. The van der Waals surface area contributed by atoms with Crippen molar-refractivity contribution < 1.29 is 14.3 Å². The predicted octanol–water partition coefficient (Wildman–Crippen LogP) is 3.00. The number of para-hydroxylation sites is 2. The summed E-state index contributed by atoms with van der Waals surface area (Å²) < 4.78 is 5.74. The van der Waals surface area contributed by atoms with E-state index in [4.69, 9.17) is 4.74 Å². The maximum Gasteiger partial charge on any atom is 0.259 e. The molecule has 0 fully saturated rings. The number of anilines is 2. The molecule has 0 aliphatic carbocycles. The minimum atomic E-state index is -0.267. The lowest BCUT2D eigenvalue weighted by Crippen LogP contribution is -2.12. The molecule has 1 aliphatic heterocycles. The van der Waals surface area contributed by atoms with Gasteiger partial charge in [-0.2, -0.15) is 0 Å². The van der Waals surface area contributed by atoms with E-state index >= 15 is 0 Å². The second-order valence-electron chi connectivity index (χ2n) is 4.44. The van der Waals surface area contributed by atoms with Gasteiger partial charge in [-0.1, -0.05) is 12.1 Å². The lowest BCUT2D eigenvalue weighted by atomic mass is 10.1. The first kappa shape index (κ1) is 12.2. The summed E-state index contributed by atoms with van der Waals surface area (Å²) in [5, 5.41) is 5.43. The minimum absolute atomic E-state index is 0.191. The molecule has 0 saturated carbocycles. The van der Waals surface area contributed by atoms with Crippen LogP contribution >= 0.6 is 0 Å². The van der Waals surface area contributed by atoms with Crippen LogP contribution in [0.25, 0.3) is 0 Å². The molecule has 5 heteroatoms. The highest BCUT2D eigenvalue weighted by Crippen LogP contribution is 2.36. The summed E-state index contributed by atoms with van der Waals surface area (Å²) in [7, 11) is 0. The van der Waals surface area contributed by atoms with E-state index in [2.05, 4.69) is 10.6 Å². The van der Waals surface area contributed by atoms with Crippen LogP contribution in [0.4, 0.5) is 11.4 Å². The third-order valence-corrected chi connectivity index (χ3v) is 2.90. The van der Waals surface area contributed by atoms with Crippen LogP contribution in [-0.4, -0.2) is 11.8 Å². The highest BCUT2D eigenvalue weighted by molar-refractivity contribution is 6.08. The van der Waals surface area contributed by atoms with Crippen LogP contribution in [0.15, 0.2) is 42.5 Å². The molecular formula is C15H12N2O3. The normalized spacial score (nSPS) is 12.3. The second kappa shape index (κ2) is 4.70. The molecule has 0 aromatic heterocycles. The van der Waals surface area contributed by atoms with Crippen molar-refractivity contribution in [3.8, 4) is 11.5 Å². The maximum atomic E-state index is 12.2. The zero-order valence-corrected chi connectivity index (χ0v) is 10.8. The van der Waals surface area contributed by atoms with Gasteiger partial charge in [-0.25, -0.2) is 0 Å². The topological polar surface area (TPSA) is 67.4 Å². The van der Waals surface area contributed by atoms with Crippen LogP contribution in [0.2, 0.25) is 0 Å². The summed E-state index contributed by atoms with van der Waals surface area (Å²) in [4.78, 5) is 23.3. The molecule has 0 bridgehead atoms. The largest absolute Gasteiger partial charge is 0.454 e. The van der Waals surface area contributed by atoms with Gasteiger partial charge in [-0.15, -0.1) is 0 Å². The number of amides is 2. The number of hydrogen-bond donors (Lipinski definition) is 2. The highest BCUT2D eigenvalue weighted by Gasteiger charge is 2.20. The first-order valence-corrected chi connectivity index (χ1v) is 6.13. The van der Waals surface area contributed by atoms with Crippen LogP contribution in [0.1, 0.15) is 17.3 Å². The lowest BCUT2D eigenvalue weighted by Gasteiger charge is -2.08. The molecule has 0 radical (unpaired) electrons. The van der Waals surface area contributed by atoms with Crippen molar-refractivity contribution in [2.24, 2.45) is 0 Å². The molecule has 1 heterocycles. The maximum absolute atomic E-state index is 12.2. The number of carbonyl (C=O) groups excluding carboxylic acids is 2. The molecule has 2 aromatic rings. The van der Waals surface area contributed by atoms with Gasteiger partial charge in [0.1, 0.15) is 5.75 Å². The number of ether oxygens (including phenoxy) is 1. The van der Waals surface area contributed by atoms with Crippen molar-refractivity contribution >= 4 is 23.2 Å². The van der Waals surface area contributed by atoms with Crippen LogP contribution in [0.3, 0.4) is 0 Å². The Hall–Kier alpha value is -2.82. The molecule has 3 rings (SSSR count). The van der Waals surface area contributed by atoms with Gasteiger partial charge in [-0.3, -0.25) is 9.59 Å². The number of benzene rings is 2. The van der Waals surface area contributed by atoms with Gasteiger partial charge in [0.05, 0.1) is 11.3 Å². The lowest BCUT2D eigenvalue weighted by molar-refractivity contribution is -0.114. The van der Waals surface area contributed by atoms with Gasteiger partial charge >= 0.3 is 0 Å². The second-order valence-corrected chi connectivity index (χ2v) is 4.44. The monoisotopic (exact) mass is 268 g/mol. The van der Waals surface area contributed by atoms with Gasteiger partial charge in [-0.05, 0) is 30.3 Å². The zero-order chi connectivity index (χ0) is 14.1. The van der Waals surface area contributed by atoms with Crippen molar-refractivity contribution in [3.63, 3.8) is 0 Å². The summed E-state index contributed by atoms with van der Waals surface area (Å²) in [5.41, 5.74) is 1.56. The van der Waals surface area contributed by atoms with E-state index < -0.39 is 0 Å². The van der Waals surface area contributed by atoms with E-state index in [0.717, 1.165) is 0 Å². The van der Waals surface area contributed by atoms with Crippen LogP contribution in [-0.2, 0) is 4.79 Å². The molecule has 1 aliphatic rings. The van der Waals surface area contributed by atoms with Crippen molar-refractivity contribution in [3.05, 3.63) is 48.0 Å². The molecule has 0 spiro atoms. The Kier molecular flexibility index (Phi) is 2.87. The summed E-state index contributed by atoms with van der Waals surface area (Å²) in [5.74, 6) is 0.591. The Morgan fingerprint density at radius 2 is 1.95 bits per heavy atom. The summed E-state index contributed by atoms with van der Waals surface area (Å²) in [6.07, 6.45) is 0. The number of nitrogens with one attached hydrogen (secondary N) is 2. The third kappa shape index (κ3) is 2.21. The number of rotatable bonds is 1. The number of hydrogen-bond acceptors (Lipinski definition) is 3. The highest BCUT2D eigenvalue weighted by atomic mass is 16.5. The van der Waals surface area contributed by atoms with Crippen molar-refractivity contribution in [1.29, 1.82) is 0 Å². The first-order valence-electron chi connectivity index (χ1n) is 6.13. The Bertz CT molecular complexity index is 710. The quantitative estimate of drug-likeness (QED) is 0.835. The van der Waals surface area contributed by atoms with Gasteiger partial charge < -0.3 is 15.4 Å². The van der Waals surface area contributed by atoms with E-state index in [-0.39, 0.29) is 11.8 Å². The van der Waals surface area contributed by atoms with Crippen molar-refractivity contribution in [1.82, 2.24) is 0 Å². The Balaban J connectivity index is 2.04. The van der Waals surface area contributed by atoms with Crippen LogP contribution < -0.4 is 15.4 Å². The molecule has 0 atom stereocenters. The minimum Gasteiger partial charge on any atom is -0.454 e. The molecule has 5 nitrogen and oxygen atoms in total. The molecule has 2 aromatic carbocycles. The average Bonchev–Trinajstić information content (AvgIpc) is 2.54. The van der Waals surface area contributed by atoms with Crippen molar-refractivity contribution in [2.75, 3.05) is 10.6 Å². The fraction of sp³-hybridized carbons (Fsp3) is 0.0667. The smallest absolute Gasteiger partial charge is 0.259 e. The molecule has 20 heavy (non-hydrogen) atoms. The number of fused-ring (bicyclic) bond motifs is 2. The molecule has 2 amide bonds. The predicted molar refractivity (Wildman–Crippen MR) is 75.2 cm³/mol. The SMILES string of the molecule is CC(=O)Nc1ccc2c(c1)C(=O)Nc1ccccc1O2. The third-order valence-electron chi connectivity index (χ3n) is 2.90. The standard InChI is InChI=1S/C15H12N2O3/c1-9(18)16-10-6-7-13-11(8-10)15(19)17-12-4-2-3-5-14(12)20-13/h2-8H,1H3,(H,16,18)(H,17,19). The molecule has 100 valence electrons.